The first-order valence-electron chi connectivity index (χ1n) is 5.91. The van der Waals surface area contributed by atoms with Gasteiger partial charge >= 0.3 is 11.9 Å². The summed E-state index contributed by atoms with van der Waals surface area (Å²) in [6.07, 6.45) is 0.106. The Bertz CT molecular complexity index is 311. The van der Waals surface area contributed by atoms with E-state index in [-0.39, 0.29) is 18.8 Å². The van der Waals surface area contributed by atoms with Crippen molar-refractivity contribution in [2.75, 3.05) is 44.9 Å². The van der Waals surface area contributed by atoms with Gasteiger partial charge in [0.15, 0.2) is 0 Å². The maximum absolute atomic E-state index is 11.3. The highest BCUT2D eigenvalue weighted by Crippen LogP contribution is 2.00. The molecular weight excluding hydrogens is 258 g/mol. The number of hydrogen-bond donors (Lipinski definition) is 0. The largest absolute Gasteiger partial charge is 0.469 e. The van der Waals surface area contributed by atoms with Gasteiger partial charge in [-0.3, -0.25) is 18.7 Å². The number of hydrogen-bond acceptors (Lipinski definition) is 6. The molecule has 18 heavy (non-hydrogen) atoms. The zero-order chi connectivity index (χ0) is 13.4. The number of methoxy groups -OCH3 is 1. The average molecular weight is 277 g/mol. The van der Waals surface area contributed by atoms with E-state index in [9.17, 15) is 13.8 Å². The molecule has 1 fully saturated rings. The molecule has 104 valence electrons. The van der Waals surface area contributed by atoms with Crippen LogP contribution in [0.5, 0.6) is 0 Å². The fraction of sp³-hybridized carbons (Fsp3) is 0.818. The summed E-state index contributed by atoms with van der Waals surface area (Å²) in [6, 6.07) is 0. The maximum atomic E-state index is 11.3. The molecule has 1 aliphatic heterocycles. The Kier molecular flexibility index (Phi) is 6.89. The molecule has 0 saturated carbocycles. The molecule has 7 heteroatoms. The van der Waals surface area contributed by atoms with E-state index in [2.05, 4.69) is 9.64 Å². The van der Waals surface area contributed by atoms with Gasteiger partial charge in [-0.2, -0.15) is 0 Å². The molecule has 0 spiro atoms. The predicted octanol–water partition coefficient (Wildman–Crippen LogP) is -0.453. The first kappa shape index (κ1) is 15.1. The number of carbonyl (C=O) groups excluding carboxylic acids is 2. The van der Waals surface area contributed by atoms with Gasteiger partial charge < -0.3 is 9.47 Å². The number of esters is 2. The Morgan fingerprint density at radius 2 is 1.78 bits per heavy atom. The Morgan fingerprint density at radius 3 is 2.39 bits per heavy atom. The molecule has 6 nitrogen and oxygen atoms in total. The monoisotopic (exact) mass is 277 g/mol. The van der Waals surface area contributed by atoms with Crippen molar-refractivity contribution in [2.24, 2.45) is 0 Å². The third kappa shape index (κ3) is 6.11. The Morgan fingerprint density at radius 1 is 1.17 bits per heavy atom. The highest BCUT2D eigenvalue weighted by Gasteiger charge is 2.15. The van der Waals surface area contributed by atoms with Crippen LogP contribution in [0.25, 0.3) is 0 Å². The molecule has 0 aliphatic carbocycles. The summed E-state index contributed by atoms with van der Waals surface area (Å²) in [5.74, 6) is 0.582. The van der Waals surface area contributed by atoms with Crippen molar-refractivity contribution in [1.82, 2.24) is 4.90 Å². The minimum atomic E-state index is -0.685. The summed E-state index contributed by atoms with van der Waals surface area (Å²) in [6.45, 7) is 2.53. The zero-order valence-electron chi connectivity index (χ0n) is 10.6. The summed E-state index contributed by atoms with van der Waals surface area (Å²) in [5, 5.41) is 0. The molecule has 0 bridgehead atoms. The van der Waals surface area contributed by atoms with Crippen molar-refractivity contribution >= 4 is 22.7 Å². The molecular formula is C11H19NO5S. The van der Waals surface area contributed by atoms with Crippen LogP contribution < -0.4 is 0 Å². The van der Waals surface area contributed by atoms with Gasteiger partial charge in [0.25, 0.3) is 0 Å². The Balaban J connectivity index is 2.05. The van der Waals surface area contributed by atoms with Crippen LogP contribution in [-0.2, 0) is 29.9 Å². The third-order valence-corrected chi connectivity index (χ3v) is 3.98. The van der Waals surface area contributed by atoms with Crippen LogP contribution in [0.1, 0.15) is 12.8 Å². The van der Waals surface area contributed by atoms with Gasteiger partial charge in [0.2, 0.25) is 0 Å². The van der Waals surface area contributed by atoms with Crippen LogP contribution in [0.4, 0.5) is 0 Å². The van der Waals surface area contributed by atoms with Crippen molar-refractivity contribution < 1.29 is 23.3 Å². The third-order valence-electron chi connectivity index (χ3n) is 2.70. The summed E-state index contributed by atoms with van der Waals surface area (Å²) >= 11 is 0. The summed E-state index contributed by atoms with van der Waals surface area (Å²) in [7, 11) is 0.600. The second-order valence-corrected chi connectivity index (χ2v) is 5.68. The van der Waals surface area contributed by atoms with Crippen molar-refractivity contribution in [3.05, 3.63) is 0 Å². The van der Waals surface area contributed by atoms with Crippen LogP contribution in [0.15, 0.2) is 0 Å². The van der Waals surface area contributed by atoms with Gasteiger partial charge in [-0.05, 0) is 0 Å². The molecule has 0 aromatic carbocycles. The molecule has 1 saturated heterocycles. The summed E-state index contributed by atoms with van der Waals surface area (Å²) in [5.41, 5.74) is 0. The lowest BCUT2D eigenvalue weighted by Crippen LogP contribution is -2.39. The lowest BCUT2D eigenvalue weighted by atomic mass is 10.3. The molecule has 0 amide bonds. The fourth-order valence-corrected chi connectivity index (χ4v) is 2.69. The molecule has 0 N–H and O–H groups in total. The highest BCUT2D eigenvalue weighted by atomic mass is 32.2. The van der Waals surface area contributed by atoms with E-state index in [0.717, 1.165) is 13.1 Å². The van der Waals surface area contributed by atoms with E-state index in [1.54, 1.807) is 0 Å². The molecule has 0 radical (unpaired) electrons. The number of rotatable bonds is 6. The standard InChI is InChI=1S/C11H19NO5S/c1-16-10(13)2-3-11(14)17-7-4-12-5-8-18(15)9-6-12/h2-9H2,1H3. The van der Waals surface area contributed by atoms with Gasteiger partial charge in [-0.1, -0.05) is 0 Å². The van der Waals surface area contributed by atoms with Crippen LogP contribution in [0.2, 0.25) is 0 Å². The second-order valence-electron chi connectivity index (χ2n) is 3.99. The lowest BCUT2D eigenvalue weighted by molar-refractivity contribution is -0.149. The highest BCUT2D eigenvalue weighted by molar-refractivity contribution is 7.85. The van der Waals surface area contributed by atoms with Gasteiger partial charge in [-0.25, -0.2) is 0 Å². The lowest BCUT2D eigenvalue weighted by Gasteiger charge is -2.25. The van der Waals surface area contributed by atoms with E-state index >= 15 is 0 Å². The number of nitrogens with zero attached hydrogens (tertiary/aromatic N) is 1. The van der Waals surface area contributed by atoms with Gasteiger partial charge in [0.05, 0.1) is 20.0 Å². The normalized spacial score (nSPS) is 17.4. The van der Waals surface area contributed by atoms with Crippen LogP contribution >= 0.6 is 0 Å². The van der Waals surface area contributed by atoms with Crippen molar-refractivity contribution in [2.45, 2.75) is 12.8 Å². The molecule has 1 heterocycles. The minimum absolute atomic E-state index is 0.0523. The number of carbonyl (C=O) groups is 2. The smallest absolute Gasteiger partial charge is 0.306 e. The van der Waals surface area contributed by atoms with E-state index < -0.39 is 16.8 Å². The molecule has 0 aromatic rings. The summed E-state index contributed by atoms with van der Waals surface area (Å²) < 4.78 is 20.6. The maximum Gasteiger partial charge on any atom is 0.306 e. The molecule has 1 aliphatic rings. The van der Waals surface area contributed by atoms with E-state index in [4.69, 9.17) is 4.74 Å². The quantitative estimate of drug-likeness (QED) is 0.612. The fourth-order valence-electron chi connectivity index (χ4n) is 1.57. The Hall–Kier alpha value is -0.950. The second kappa shape index (κ2) is 8.20. The van der Waals surface area contributed by atoms with Crippen LogP contribution in [0, 0.1) is 0 Å². The van der Waals surface area contributed by atoms with E-state index in [0.29, 0.717) is 24.7 Å². The van der Waals surface area contributed by atoms with Gasteiger partial charge in [0, 0.05) is 41.9 Å². The van der Waals surface area contributed by atoms with Crippen molar-refractivity contribution in [3.8, 4) is 0 Å². The van der Waals surface area contributed by atoms with Gasteiger partial charge in [-0.15, -0.1) is 0 Å². The average Bonchev–Trinajstić information content (AvgIpc) is 2.38. The molecule has 0 atom stereocenters. The topological polar surface area (TPSA) is 72.9 Å². The Labute approximate surface area is 109 Å². The molecule has 0 unspecified atom stereocenters. The summed E-state index contributed by atoms with van der Waals surface area (Å²) in [4.78, 5) is 24.2. The zero-order valence-corrected chi connectivity index (χ0v) is 11.4. The van der Waals surface area contributed by atoms with Gasteiger partial charge in [0.1, 0.15) is 6.61 Å². The molecule has 0 aromatic heterocycles. The number of ether oxygens (including phenoxy) is 2. The van der Waals surface area contributed by atoms with Crippen molar-refractivity contribution in [3.63, 3.8) is 0 Å². The van der Waals surface area contributed by atoms with Crippen molar-refractivity contribution in [1.29, 1.82) is 0 Å². The first-order chi connectivity index (χ1) is 8.61. The van der Waals surface area contributed by atoms with E-state index in [1.165, 1.54) is 7.11 Å². The SMILES string of the molecule is COC(=O)CCC(=O)OCCN1CCS(=O)CC1. The van der Waals surface area contributed by atoms with Crippen LogP contribution in [-0.4, -0.2) is 65.9 Å². The molecule has 1 rings (SSSR count). The first-order valence-corrected chi connectivity index (χ1v) is 7.40. The van der Waals surface area contributed by atoms with E-state index in [1.807, 2.05) is 0 Å². The minimum Gasteiger partial charge on any atom is -0.469 e. The van der Waals surface area contributed by atoms with Crippen LogP contribution in [0.3, 0.4) is 0 Å². The predicted molar refractivity (Wildman–Crippen MR) is 66.5 cm³/mol.